The molecule has 11 heteroatoms. The fourth-order valence-corrected chi connectivity index (χ4v) is 3.64. The predicted octanol–water partition coefficient (Wildman–Crippen LogP) is 5.88. The molecule has 0 saturated carbocycles. The Morgan fingerprint density at radius 3 is 1.90 bits per heavy atom. The fourth-order valence-electron chi connectivity index (χ4n) is 3.64. The topological polar surface area (TPSA) is 150 Å². The van der Waals surface area contributed by atoms with Gasteiger partial charge in [-0.25, -0.2) is 9.59 Å². The number of ether oxygens (including phenoxy) is 6. The maximum atomic E-state index is 12.5. The molecule has 1 rings (SSSR count). The molecule has 0 saturated heterocycles. The number of hydrogen-bond donors (Lipinski definition) is 1. The van der Waals surface area contributed by atoms with Gasteiger partial charge in [0.15, 0.2) is 11.5 Å². The van der Waals surface area contributed by atoms with Crippen LogP contribution in [0.2, 0.25) is 0 Å². The van der Waals surface area contributed by atoms with Gasteiger partial charge in [-0.2, -0.15) is 0 Å². The first-order chi connectivity index (χ1) is 19.6. The molecule has 0 bridgehead atoms. The molecule has 232 valence electrons. The largest absolute Gasteiger partial charge is 0.513 e. The monoisotopic (exact) mass is 581 g/mol. The third-order valence-electron chi connectivity index (χ3n) is 5.99. The van der Waals surface area contributed by atoms with E-state index < -0.39 is 30.4 Å². The summed E-state index contributed by atoms with van der Waals surface area (Å²) in [6, 6.07) is 3.37. The molecule has 0 radical (unpaired) electrons. The van der Waals surface area contributed by atoms with Crippen LogP contribution in [0.3, 0.4) is 0 Å². The van der Waals surface area contributed by atoms with Crippen LogP contribution in [0.4, 0.5) is 9.59 Å². The quantitative estimate of drug-likeness (QED) is 0.0903. The van der Waals surface area contributed by atoms with E-state index in [0.29, 0.717) is 24.8 Å². The Kier molecular flexibility index (Phi) is 17.9. The summed E-state index contributed by atoms with van der Waals surface area (Å²) in [6.07, 6.45) is 4.21. The van der Waals surface area contributed by atoms with Gasteiger partial charge < -0.3 is 34.2 Å². The number of esters is 2. The van der Waals surface area contributed by atoms with Gasteiger partial charge in [0.05, 0.1) is 19.1 Å². The van der Waals surface area contributed by atoms with Crippen LogP contribution >= 0.6 is 0 Å². The van der Waals surface area contributed by atoms with Gasteiger partial charge in [-0.1, -0.05) is 65.9 Å². The minimum absolute atomic E-state index is 0.0319. The minimum Gasteiger partial charge on any atom is -0.461 e. The molecule has 0 spiro atoms. The highest BCUT2D eigenvalue weighted by molar-refractivity contribution is 5.76. The lowest BCUT2D eigenvalue weighted by atomic mass is 10.1. The van der Waals surface area contributed by atoms with Gasteiger partial charge in [-0.15, -0.1) is 0 Å². The van der Waals surface area contributed by atoms with E-state index in [9.17, 15) is 19.2 Å². The first kappa shape index (κ1) is 35.7. The van der Waals surface area contributed by atoms with E-state index in [0.717, 1.165) is 32.1 Å². The summed E-state index contributed by atoms with van der Waals surface area (Å²) in [5.41, 5.74) is 6.56. The summed E-state index contributed by atoms with van der Waals surface area (Å²) < 4.78 is 31.3. The Hall–Kier alpha value is -3.34. The number of hydrogen-bond acceptors (Lipinski definition) is 11. The third-order valence-corrected chi connectivity index (χ3v) is 5.99. The van der Waals surface area contributed by atoms with Crippen molar-refractivity contribution >= 4 is 24.2 Å². The zero-order valence-electron chi connectivity index (χ0n) is 25.1. The highest BCUT2D eigenvalue weighted by Crippen LogP contribution is 2.30. The second kappa shape index (κ2) is 20.5. The Balaban J connectivity index is 2.82. The third kappa shape index (κ3) is 15.3. The Bertz CT molecular complexity index is 951. The maximum absolute atomic E-state index is 12.5. The Morgan fingerprint density at radius 2 is 1.34 bits per heavy atom. The van der Waals surface area contributed by atoms with E-state index in [1.807, 2.05) is 20.8 Å². The SMILES string of the molecule is CCCCCOC(=O)Oc1ccc(C[C@H](N)C(=O)OC[C@H](C)OC(=O)C(C)CCC)cc1OC(=O)OCCCCC. The smallest absolute Gasteiger partial charge is 0.461 e. The van der Waals surface area contributed by atoms with Crippen molar-refractivity contribution in [3.63, 3.8) is 0 Å². The zero-order valence-corrected chi connectivity index (χ0v) is 25.1. The molecule has 1 aromatic carbocycles. The molecule has 0 fully saturated rings. The molecular formula is C30H47NO10. The Labute approximate surface area is 243 Å². The summed E-state index contributed by atoms with van der Waals surface area (Å²) in [5, 5.41) is 0. The lowest BCUT2D eigenvalue weighted by Gasteiger charge is -2.18. The number of carbonyl (C=O) groups is 4. The van der Waals surface area contributed by atoms with Crippen LogP contribution in [-0.2, 0) is 35.0 Å². The van der Waals surface area contributed by atoms with Crippen molar-refractivity contribution in [3.05, 3.63) is 23.8 Å². The maximum Gasteiger partial charge on any atom is 0.513 e. The number of carbonyl (C=O) groups excluding carboxylic acids is 4. The van der Waals surface area contributed by atoms with Crippen LogP contribution in [-0.4, -0.2) is 56.2 Å². The highest BCUT2D eigenvalue weighted by atomic mass is 16.7. The van der Waals surface area contributed by atoms with Crippen LogP contribution in [0, 0.1) is 5.92 Å². The molecule has 41 heavy (non-hydrogen) atoms. The lowest BCUT2D eigenvalue weighted by molar-refractivity contribution is -0.161. The Morgan fingerprint density at radius 1 is 0.756 bits per heavy atom. The predicted molar refractivity (Wildman–Crippen MR) is 152 cm³/mol. The molecule has 1 unspecified atom stereocenters. The van der Waals surface area contributed by atoms with Crippen LogP contribution < -0.4 is 15.2 Å². The molecule has 0 amide bonds. The van der Waals surface area contributed by atoms with Crippen LogP contribution in [0.1, 0.15) is 91.5 Å². The van der Waals surface area contributed by atoms with Crippen molar-refractivity contribution in [2.75, 3.05) is 19.8 Å². The van der Waals surface area contributed by atoms with Gasteiger partial charge in [0, 0.05) is 0 Å². The molecule has 0 aliphatic rings. The van der Waals surface area contributed by atoms with Gasteiger partial charge in [0.2, 0.25) is 0 Å². The van der Waals surface area contributed by atoms with E-state index in [1.54, 1.807) is 19.9 Å². The molecular weight excluding hydrogens is 534 g/mol. The van der Waals surface area contributed by atoms with Crippen LogP contribution in [0.5, 0.6) is 11.5 Å². The summed E-state index contributed by atoms with van der Waals surface area (Å²) in [6.45, 7) is 9.71. The fraction of sp³-hybridized carbons (Fsp3) is 0.667. The summed E-state index contributed by atoms with van der Waals surface area (Å²) in [5.74, 6) is -1.41. The van der Waals surface area contributed by atoms with Crippen LogP contribution in [0.25, 0.3) is 0 Å². The number of unbranched alkanes of at least 4 members (excludes halogenated alkanes) is 4. The van der Waals surface area contributed by atoms with Crippen molar-refractivity contribution in [2.24, 2.45) is 11.7 Å². The number of nitrogens with two attached hydrogens (primary N) is 1. The molecule has 3 atom stereocenters. The van der Waals surface area contributed by atoms with E-state index in [2.05, 4.69) is 0 Å². The van der Waals surface area contributed by atoms with E-state index in [-0.39, 0.29) is 49.6 Å². The van der Waals surface area contributed by atoms with Crippen molar-refractivity contribution in [3.8, 4) is 11.5 Å². The van der Waals surface area contributed by atoms with Gasteiger partial charge in [0.1, 0.15) is 18.8 Å². The van der Waals surface area contributed by atoms with Gasteiger partial charge in [-0.05, 0) is 50.3 Å². The standard InChI is InChI=1S/C30H47NO10/c1-6-9-11-16-36-29(34)40-25-15-14-23(19-26(25)41-30(35)37-17-12-10-7-2)18-24(31)28(33)38-20-22(5)39-27(32)21(4)13-8-3/h14-15,19,21-22,24H,6-13,16-18,20,31H2,1-5H3/t21?,22-,24-/m0/s1. The summed E-state index contributed by atoms with van der Waals surface area (Å²) in [4.78, 5) is 48.9. The van der Waals surface area contributed by atoms with Crippen molar-refractivity contribution in [2.45, 2.75) is 105 Å². The molecule has 0 heterocycles. The van der Waals surface area contributed by atoms with Gasteiger partial charge >= 0.3 is 24.2 Å². The van der Waals surface area contributed by atoms with E-state index in [4.69, 9.17) is 34.2 Å². The lowest BCUT2D eigenvalue weighted by Crippen LogP contribution is -2.36. The van der Waals surface area contributed by atoms with E-state index >= 15 is 0 Å². The summed E-state index contributed by atoms with van der Waals surface area (Å²) in [7, 11) is 0. The molecule has 1 aromatic rings. The van der Waals surface area contributed by atoms with E-state index in [1.165, 1.54) is 12.1 Å². The van der Waals surface area contributed by atoms with Crippen LogP contribution in [0.15, 0.2) is 18.2 Å². The van der Waals surface area contributed by atoms with Gasteiger partial charge in [-0.3, -0.25) is 9.59 Å². The van der Waals surface area contributed by atoms with Crippen molar-refractivity contribution in [1.82, 2.24) is 0 Å². The highest BCUT2D eigenvalue weighted by Gasteiger charge is 2.22. The normalized spacial score (nSPS) is 12.9. The average Bonchev–Trinajstić information content (AvgIpc) is 2.93. The summed E-state index contributed by atoms with van der Waals surface area (Å²) >= 11 is 0. The second-order valence-electron chi connectivity index (χ2n) is 9.97. The first-order valence-corrected chi connectivity index (χ1v) is 14.6. The first-order valence-electron chi connectivity index (χ1n) is 14.6. The number of rotatable bonds is 19. The minimum atomic E-state index is -1.05. The van der Waals surface area contributed by atoms with Crippen molar-refractivity contribution in [1.29, 1.82) is 0 Å². The van der Waals surface area contributed by atoms with Gasteiger partial charge in [0.25, 0.3) is 0 Å². The van der Waals surface area contributed by atoms with Crippen molar-refractivity contribution < 1.29 is 47.6 Å². The molecule has 11 nitrogen and oxygen atoms in total. The molecule has 0 aliphatic carbocycles. The second-order valence-corrected chi connectivity index (χ2v) is 9.97. The molecule has 0 aromatic heterocycles. The molecule has 0 aliphatic heterocycles. The molecule has 2 N–H and O–H groups in total. The number of benzene rings is 1. The average molecular weight is 582 g/mol. The zero-order chi connectivity index (χ0) is 30.6.